The van der Waals surface area contributed by atoms with Crippen LogP contribution in [0.3, 0.4) is 0 Å². The summed E-state index contributed by atoms with van der Waals surface area (Å²) in [6.45, 7) is 0.875. The minimum absolute atomic E-state index is 0.149. The van der Waals surface area contributed by atoms with Crippen molar-refractivity contribution in [1.82, 2.24) is 5.32 Å². The van der Waals surface area contributed by atoms with E-state index in [1.54, 1.807) is 12.1 Å². The molecule has 0 amide bonds. The van der Waals surface area contributed by atoms with Crippen molar-refractivity contribution in [3.63, 3.8) is 0 Å². The normalized spacial score (nSPS) is 28.3. The maximum Gasteiger partial charge on any atom is 0.123 e. The van der Waals surface area contributed by atoms with E-state index in [1.807, 2.05) is 12.1 Å². The van der Waals surface area contributed by atoms with Crippen LogP contribution in [0.2, 0.25) is 0 Å². The first-order chi connectivity index (χ1) is 9.74. The van der Waals surface area contributed by atoms with Gasteiger partial charge in [0.25, 0.3) is 0 Å². The first-order valence-corrected chi connectivity index (χ1v) is 7.91. The van der Waals surface area contributed by atoms with E-state index in [2.05, 4.69) is 5.32 Å². The van der Waals surface area contributed by atoms with Crippen molar-refractivity contribution in [2.45, 2.75) is 50.7 Å². The van der Waals surface area contributed by atoms with Crippen molar-refractivity contribution in [2.75, 3.05) is 6.54 Å². The van der Waals surface area contributed by atoms with Gasteiger partial charge in [0.1, 0.15) is 5.82 Å². The summed E-state index contributed by atoms with van der Waals surface area (Å²) >= 11 is 0. The van der Waals surface area contributed by atoms with Crippen molar-refractivity contribution < 1.29 is 9.50 Å². The Hall–Kier alpha value is -0.930. The van der Waals surface area contributed by atoms with E-state index in [9.17, 15) is 9.50 Å². The Bertz CT molecular complexity index is 429. The maximum absolute atomic E-state index is 13.0. The molecule has 3 heteroatoms. The Morgan fingerprint density at radius 3 is 2.45 bits per heavy atom. The van der Waals surface area contributed by atoms with Crippen LogP contribution in [-0.2, 0) is 0 Å². The quantitative estimate of drug-likeness (QED) is 0.864. The fourth-order valence-electron chi connectivity index (χ4n) is 3.36. The number of hydrogen-bond donors (Lipinski definition) is 2. The molecule has 2 saturated carbocycles. The number of aliphatic hydroxyl groups is 1. The third kappa shape index (κ3) is 3.39. The van der Waals surface area contributed by atoms with Crippen molar-refractivity contribution in [2.24, 2.45) is 11.8 Å². The molecule has 0 saturated heterocycles. The highest BCUT2D eigenvalue weighted by Gasteiger charge is 2.33. The number of nitrogens with one attached hydrogen (secondary N) is 1. The van der Waals surface area contributed by atoms with Crippen LogP contribution in [0.1, 0.15) is 50.1 Å². The molecule has 110 valence electrons. The van der Waals surface area contributed by atoms with Crippen LogP contribution in [0.5, 0.6) is 0 Å². The molecule has 0 radical (unpaired) electrons. The maximum atomic E-state index is 13.0. The monoisotopic (exact) mass is 277 g/mol. The van der Waals surface area contributed by atoms with Gasteiger partial charge in [0.2, 0.25) is 0 Å². The van der Waals surface area contributed by atoms with Gasteiger partial charge >= 0.3 is 0 Å². The zero-order chi connectivity index (χ0) is 13.9. The lowest BCUT2D eigenvalue weighted by Gasteiger charge is -2.30. The molecule has 3 unspecified atom stereocenters. The molecule has 0 heterocycles. The second kappa shape index (κ2) is 6.23. The molecule has 1 aromatic carbocycles. The van der Waals surface area contributed by atoms with Crippen molar-refractivity contribution in [3.05, 3.63) is 35.6 Å². The van der Waals surface area contributed by atoms with Crippen molar-refractivity contribution in [3.8, 4) is 0 Å². The predicted octanol–water partition coefficient (Wildman–Crippen LogP) is 3.42. The summed E-state index contributed by atoms with van der Waals surface area (Å²) in [6, 6.07) is 7.19. The summed E-state index contributed by atoms with van der Waals surface area (Å²) in [7, 11) is 0. The number of aliphatic hydroxyl groups excluding tert-OH is 1. The number of benzene rings is 1. The van der Waals surface area contributed by atoms with Gasteiger partial charge in [-0.1, -0.05) is 25.0 Å². The number of hydrogen-bond acceptors (Lipinski definition) is 2. The van der Waals surface area contributed by atoms with E-state index in [-0.39, 0.29) is 11.9 Å². The number of halogens is 1. The smallest absolute Gasteiger partial charge is 0.123 e. The first kappa shape index (κ1) is 14.0. The van der Waals surface area contributed by atoms with Gasteiger partial charge in [-0.25, -0.2) is 4.39 Å². The molecule has 3 rings (SSSR count). The highest BCUT2D eigenvalue weighted by molar-refractivity contribution is 5.22. The molecule has 3 atom stereocenters. The highest BCUT2D eigenvalue weighted by Crippen LogP contribution is 2.41. The van der Waals surface area contributed by atoms with Gasteiger partial charge in [-0.2, -0.15) is 0 Å². The van der Waals surface area contributed by atoms with E-state index in [4.69, 9.17) is 0 Å². The Morgan fingerprint density at radius 2 is 1.80 bits per heavy atom. The van der Waals surface area contributed by atoms with Crippen LogP contribution < -0.4 is 5.32 Å². The third-order valence-electron chi connectivity index (χ3n) is 4.79. The number of rotatable bonds is 5. The summed E-state index contributed by atoms with van der Waals surface area (Å²) in [5.74, 6) is 0.887. The molecule has 0 spiro atoms. The molecule has 2 aliphatic carbocycles. The molecular weight excluding hydrogens is 253 g/mol. The molecule has 2 N–H and O–H groups in total. The van der Waals surface area contributed by atoms with Crippen LogP contribution in [0, 0.1) is 17.7 Å². The summed E-state index contributed by atoms with van der Waals surface area (Å²) in [4.78, 5) is 0. The largest absolute Gasteiger partial charge is 0.393 e. The van der Waals surface area contributed by atoms with Crippen LogP contribution in [0.15, 0.2) is 24.3 Å². The van der Waals surface area contributed by atoms with Gasteiger partial charge in [-0.05, 0) is 55.2 Å². The average Bonchev–Trinajstić information content (AvgIpc) is 3.27. The van der Waals surface area contributed by atoms with Crippen LogP contribution in [0.25, 0.3) is 0 Å². The van der Waals surface area contributed by atoms with E-state index in [0.717, 1.165) is 25.8 Å². The SMILES string of the molecule is OC1CCCCC1CNC(c1ccc(F)cc1)C1CC1. The molecule has 2 nitrogen and oxygen atoms in total. The van der Waals surface area contributed by atoms with Crippen LogP contribution in [0.4, 0.5) is 4.39 Å². The standard InChI is InChI=1S/C17H24FNO/c18-15-9-7-13(8-10-15)17(12-5-6-12)19-11-14-3-1-2-4-16(14)20/h7-10,12,14,16-17,19-20H,1-6,11H2. The zero-order valence-electron chi connectivity index (χ0n) is 11.9. The van der Waals surface area contributed by atoms with Crippen LogP contribution >= 0.6 is 0 Å². The average molecular weight is 277 g/mol. The van der Waals surface area contributed by atoms with Gasteiger partial charge in [0.05, 0.1) is 6.10 Å². The zero-order valence-corrected chi connectivity index (χ0v) is 11.9. The minimum Gasteiger partial charge on any atom is -0.393 e. The fourth-order valence-corrected chi connectivity index (χ4v) is 3.36. The summed E-state index contributed by atoms with van der Waals surface area (Å²) in [6.07, 6.45) is 6.80. The predicted molar refractivity (Wildman–Crippen MR) is 77.8 cm³/mol. The van der Waals surface area contributed by atoms with E-state index in [0.29, 0.717) is 17.9 Å². The lowest BCUT2D eigenvalue weighted by atomic mass is 9.86. The third-order valence-corrected chi connectivity index (χ3v) is 4.79. The molecule has 1 aromatic rings. The lowest BCUT2D eigenvalue weighted by molar-refractivity contribution is 0.0676. The van der Waals surface area contributed by atoms with Gasteiger partial charge < -0.3 is 10.4 Å². The molecule has 0 aliphatic heterocycles. The molecule has 2 fully saturated rings. The van der Waals surface area contributed by atoms with Gasteiger partial charge in [0, 0.05) is 12.6 Å². The molecule has 0 aromatic heterocycles. The van der Waals surface area contributed by atoms with Crippen molar-refractivity contribution >= 4 is 0 Å². The molecule has 20 heavy (non-hydrogen) atoms. The second-order valence-electron chi connectivity index (χ2n) is 6.39. The topological polar surface area (TPSA) is 32.3 Å². The minimum atomic E-state index is -0.175. The summed E-state index contributed by atoms with van der Waals surface area (Å²) in [5.41, 5.74) is 1.18. The molecule has 0 bridgehead atoms. The van der Waals surface area contributed by atoms with Gasteiger partial charge in [-0.3, -0.25) is 0 Å². The molecule has 2 aliphatic rings. The van der Waals surface area contributed by atoms with Gasteiger partial charge in [0.15, 0.2) is 0 Å². The Morgan fingerprint density at radius 1 is 1.10 bits per heavy atom. The van der Waals surface area contributed by atoms with E-state index < -0.39 is 0 Å². The van der Waals surface area contributed by atoms with E-state index in [1.165, 1.54) is 24.8 Å². The Labute approximate surface area is 120 Å². The first-order valence-electron chi connectivity index (χ1n) is 7.91. The molecular formula is C17H24FNO. The van der Waals surface area contributed by atoms with Crippen LogP contribution in [-0.4, -0.2) is 17.8 Å². The van der Waals surface area contributed by atoms with E-state index >= 15 is 0 Å². The Balaban J connectivity index is 1.61. The van der Waals surface area contributed by atoms with Gasteiger partial charge in [-0.15, -0.1) is 0 Å². The second-order valence-corrected chi connectivity index (χ2v) is 6.39. The highest BCUT2D eigenvalue weighted by atomic mass is 19.1. The van der Waals surface area contributed by atoms with Crippen molar-refractivity contribution in [1.29, 1.82) is 0 Å². The Kier molecular flexibility index (Phi) is 4.37. The lowest BCUT2D eigenvalue weighted by Crippen LogP contribution is -2.36. The summed E-state index contributed by atoms with van der Waals surface area (Å²) < 4.78 is 13.0. The fraction of sp³-hybridized carbons (Fsp3) is 0.647. The summed E-state index contributed by atoms with van der Waals surface area (Å²) in [5, 5.41) is 13.7.